The van der Waals surface area contributed by atoms with Gasteiger partial charge in [-0.3, -0.25) is 19.2 Å². The molecule has 184 valence electrons. The van der Waals surface area contributed by atoms with Gasteiger partial charge in [0.05, 0.1) is 19.8 Å². The van der Waals surface area contributed by atoms with Crippen molar-refractivity contribution in [2.75, 3.05) is 38.0 Å². The Morgan fingerprint density at radius 2 is 1.69 bits per heavy atom. The summed E-state index contributed by atoms with van der Waals surface area (Å²) in [6, 6.07) is 18.5. The molecule has 35 heavy (non-hydrogen) atoms. The number of hydrogen-bond acceptors (Lipinski definition) is 5. The van der Waals surface area contributed by atoms with Crippen molar-refractivity contribution in [3.8, 4) is 0 Å². The maximum Gasteiger partial charge on any atom is 0.238 e. The number of anilines is 1. The van der Waals surface area contributed by atoms with Gasteiger partial charge in [-0.25, -0.2) is 4.68 Å². The molecule has 7 nitrogen and oxygen atoms in total. The summed E-state index contributed by atoms with van der Waals surface area (Å²) in [6.07, 6.45) is 3.30. The Bertz CT molecular complexity index is 1210. The topological polar surface area (TPSA) is 58.3 Å². The van der Waals surface area contributed by atoms with E-state index in [2.05, 4.69) is 56.9 Å². The fraction of sp³-hybridized carbons (Fsp3) is 0.444. The summed E-state index contributed by atoms with van der Waals surface area (Å²) in [5, 5.41) is 8.04. The number of aryl methyl sites for hydroxylation is 1. The summed E-state index contributed by atoms with van der Waals surface area (Å²) < 4.78 is 5.01. The van der Waals surface area contributed by atoms with Crippen molar-refractivity contribution in [1.29, 1.82) is 0 Å². The van der Waals surface area contributed by atoms with Crippen molar-refractivity contribution >= 4 is 23.8 Å². The van der Waals surface area contributed by atoms with Gasteiger partial charge in [-0.2, -0.15) is 5.10 Å². The van der Waals surface area contributed by atoms with Crippen molar-refractivity contribution in [3.63, 3.8) is 0 Å². The van der Waals surface area contributed by atoms with Gasteiger partial charge in [0.1, 0.15) is 5.82 Å². The maximum absolute atomic E-state index is 12.6. The van der Waals surface area contributed by atoms with Gasteiger partial charge in [0.25, 0.3) is 0 Å². The average Bonchev–Trinajstić information content (AvgIpc) is 3.68. The molecule has 2 heterocycles. The number of carbonyl (C=O) groups is 1. The van der Waals surface area contributed by atoms with Gasteiger partial charge in [0.15, 0.2) is 4.77 Å². The van der Waals surface area contributed by atoms with E-state index in [9.17, 15) is 4.79 Å². The second kappa shape index (κ2) is 10.8. The van der Waals surface area contributed by atoms with Gasteiger partial charge in [0.2, 0.25) is 5.91 Å². The third kappa shape index (κ3) is 5.89. The summed E-state index contributed by atoms with van der Waals surface area (Å²) in [5.74, 6) is 1.71. The molecule has 0 atom stereocenters. The molecule has 0 bridgehead atoms. The Morgan fingerprint density at radius 1 is 1.00 bits per heavy atom. The van der Waals surface area contributed by atoms with Crippen LogP contribution < -0.4 is 5.32 Å². The summed E-state index contributed by atoms with van der Waals surface area (Å²) in [5.41, 5.74) is 3.34. The zero-order valence-corrected chi connectivity index (χ0v) is 21.2. The number of aromatic nitrogens is 3. The first-order valence-electron chi connectivity index (χ1n) is 12.6. The molecule has 1 aromatic heterocycles. The lowest BCUT2D eigenvalue weighted by atomic mass is 10.1. The largest absolute Gasteiger partial charge is 0.325 e. The highest BCUT2D eigenvalue weighted by Gasteiger charge is 2.30. The molecular weight excluding hydrogens is 456 g/mol. The zero-order valence-electron chi connectivity index (χ0n) is 20.4. The fourth-order valence-corrected chi connectivity index (χ4v) is 4.99. The van der Waals surface area contributed by atoms with Crippen LogP contribution in [-0.4, -0.2) is 62.8 Å². The Labute approximate surface area is 212 Å². The highest BCUT2D eigenvalue weighted by Crippen LogP contribution is 2.39. The van der Waals surface area contributed by atoms with E-state index in [0.717, 1.165) is 55.4 Å². The van der Waals surface area contributed by atoms with Crippen LogP contribution in [0.3, 0.4) is 0 Å². The fourth-order valence-electron chi connectivity index (χ4n) is 4.73. The molecule has 1 N–H and O–H groups in total. The molecule has 8 heteroatoms. The Morgan fingerprint density at radius 3 is 2.40 bits per heavy atom. The molecule has 3 aromatic rings. The first kappa shape index (κ1) is 23.9. The minimum absolute atomic E-state index is 0.0512. The van der Waals surface area contributed by atoms with E-state index in [1.54, 1.807) is 0 Å². The molecule has 0 radical (unpaired) electrons. The van der Waals surface area contributed by atoms with E-state index < -0.39 is 0 Å². The van der Waals surface area contributed by atoms with Crippen LogP contribution in [-0.2, 0) is 24.4 Å². The number of nitrogens with one attached hydrogen (secondary N) is 1. The molecule has 1 aliphatic heterocycles. The number of hydrogen-bond donors (Lipinski definition) is 1. The van der Waals surface area contributed by atoms with Crippen molar-refractivity contribution in [3.05, 3.63) is 76.3 Å². The summed E-state index contributed by atoms with van der Waals surface area (Å²) >= 11 is 5.86. The second-order valence-electron chi connectivity index (χ2n) is 9.58. The number of carbonyl (C=O) groups excluding carboxylic acids is 1. The number of amides is 1. The normalized spacial score (nSPS) is 16.9. The molecule has 2 fully saturated rings. The SMILES string of the molecule is CCc1ccccc1NC(=O)CN1CCN(Cn2nc(C3CC3)n(Cc3ccccc3)c2=S)CC1. The second-order valence-corrected chi connectivity index (χ2v) is 9.95. The van der Waals surface area contributed by atoms with E-state index in [1.165, 1.54) is 24.0 Å². The smallest absolute Gasteiger partial charge is 0.238 e. The van der Waals surface area contributed by atoms with Gasteiger partial charge in [-0.15, -0.1) is 0 Å². The van der Waals surface area contributed by atoms with Crippen LogP contribution in [0.5, 0.6) is 0 Å². The predicted octanol–water partition coefficient (Wildman–Crippen LogP) is 4.12. The predicted molar refractivity (Wildman–Crippen MR) is 141 cm³/mol. The standard InChI is InChI=1S/C27H34N6OS/c1-2-22-10-6-7-11-24(22)28-25(34)19-30-14-16-31(17-15-30)20-33-27(35)32(26(29-33)23-12-13-23)18-21-8-4-3-5-9-21/h3-11,23H,2,12-20H2,1H3,(H,28,34). The van der Waals surface area contributed by atoms with Crippen molar-refractivity contribution in [1.82, 2.24) is 24.1 Å². The van der Waals surface area contributed by atoms with Gasteiger partial charge in [-0.1, -0.05) is 55.5 Å². The highest BCUT2D eigenvalue weighted by molar-refractivity contribution is 7.71. The Hall–Kier alpha value is -2.81. The third-order valence-electron chi connectivity index (χ3n) is 6.92. The molecule has 1 amide bonds. The molecule has 1 saturated heterocycles. The van der Waals surface area contributed by atoms with Crippen LogP contribution >= 0.6 is 12.2 Å². The third-order valence-corrected chi connectivity index (χ3v) is 7.35. The van der Waals surface area contributed by atoms with Crippen LogP contribution in [0.25, 0.3) is 0 Å². The van der Waals surface area contributed by atoms with E-state index in [4.69, 9.17) is 17.3 Å². The van der Waals surface area contributed by atoms with Crippen LogP contribution in [0.1, 0.15) is 42.6 Å². The Kier molecular flexibility index (Phi) is 7.41. The van der Waals surface area contributed by atoms with E-state index in [-0.39, 0.29) is 5.91 Å². The van der Waals surface area contributed by atoms with Gasteiger partial charge < -0.3 is 5.32 Å². The summed E-state index contributed by atoms with van der Waals surface area (Å²) in [7, 11) is 0. The Balaban J connectivity index is 1.17. The maximum atomic E-state index is 12.6. The molecule has 0 spiro atoms. The first-order chi connectivity index (χ1) is 17.1. The van der Waals surface area contributed by atoms with Crippen LogP contribution in [0, 0.1) is 4.77 Å². The molecule has 2 aliphatic rings. The lowest BCUT2D eigenvalue weighted by Gasteiger charge is -2.34. The molecule has 1 saturated carbocycles. The molecule has 5 rings (SSSR count). The van der Waals surface area contributed by atoms with Gasteiger partial charge in [-0.05, 0) is 48.7 Å². The van der Waals surface area contributed by atoms with Crippen molar-refractivity contribution in [2.24, 2.45) is 0 Å². The number of para-hydroxylation sites is 1. The minimum Gasteiger partial charge on any atom is -0.325 e. The van der Waals surface area contributed by atoms with Crippen LogP contribution in [0.2, 0.25) is 0 Å². The first-order valence-corrected chi connectivity index (χ1v) is 13.1. The summed E-state index contributed by atoms with van der Waals surface area (Å²) in [4.78, 5) is 17.2. The van der Waals surface area contributed by atoms with E-state index >= 15 is 0 Å². The molecule has 2 aromatic carbocycles. The quantitative estimate of drug-likeness (QED) is 0.458. The molecular formula is C27H34N6OS. The van der Waals surface area contributed by atoms with E-state index in [0.29, 0.717) is 19.1 Å². The molecule has 0 unspecified atom stereocenters. The van der Waals surface area contributed by atoms with Crippen LogP contribution in [0.15, 0.2) is 54.6 Å². The monoisotopic (exact) mass is 490 g/mol. The summed E-state index contributed by atoms with van der Waals surface area (Å²) in [6.45, 7) is 7.50. The lowest BCUT2D eigenvalue weighted by Crippen LogP contribution is -2.49. The van der Waals surface area contributed by atoms with Crippen molar-refractivity contribution < 1.29 is 4.79 Å². The van der Waals surface area contributed by atoms with Gasteiger partial charge in [0, 0.05) is 37.8 Å². The number of nitrogens with zero attached hydrogens (tertiary/aromatic N) is 5. The average molecular weight is 491 g/mol. The van der Waals surface area contributed by atoms with E-state index in [1.807, 2.05) is 28.9 Å². The number of piperazine rings is 1. The van der Waals surface area contributed by atoms with Gasteiger partial charge >= 0.3 is 0 Å². The minimum atomic E-state index is 0.0512. The lowest BCUT2D eigenvalue weighted by molar-refractivity contribution is -0.117. The van der Waals surface area contributed by atoms with Crippen LogP contribution in [0.4, 0.5) is 5.69 Å². The zero-order chi connectivity index (χ0) is 24.2. The van der Waals surface area contributed by atoms with Crippen molar-refractivity contribution in [2.45, 2.75) is 45.3 Å². The highest BCUT2D eigenvalue weighted by atomic mass is 32.1. The number of rotatable bonds is 9. The number of benzene rings is 2. The molecule has 1 aliphatic carbocycles.